The smallest absolute Gasteiger partial charge is 0.416 e. The highest BCUT2D eigenvalue weighted by molar-refractivity contribution is 9.10. The number of benzene rings is 2. The lowest BCUT2D eigenvalue weighted by Gasteiger charge is -2.12. The van der Waals surface area contributed by atoms with Crippen LogP contribution in [0.1, 0.15) is 5.56 Å². The van der Waals surface area contributed by atoms with Crippen molar-refractivity contribution in [1.82, 2.24) is 14.4 Å². The van der Waals surface area contributed by atoms with Gasteiger partial charge in [0.1, 0.15) is 21.9 Å². The van der Waals surface area contributed by atoms with Crippen LogP contribution in [0.15, 0.2) is 65.5 Å². The Labute approximate surface area is 165 Å². The van der Waals surface area contributed by atoms with Gasteiger partial charge in [-0.2, -0.15) is 13.2 Å². The van der Waals surface area contributed by atoms with Crippen LogP contribution in [-0.4, -0.2) is 19.5 Å². The van der Waals surface area contributed by atoms with Gasteiger partial charge in [-0.05, 0) is 46.3 Å². The molecular weight excluding hydrogens is 437 g/mol. The second kappa shape index (κ2) is 6.83. The molecule has 0 amide bonds. The first-order chi connectivity index (χ1) is 13.3. The number of phenolic OH excluding ortho intramolecular Hbond substituents is 1. The van der Waals surface area contributed by atoms with Crippen LogP contribution in [0.4, 0.5) is 24.7 Å². The molecule has 0 saturated carbocycles. The van der Waals surface area contributed by atoms with E-state index in [1.54, 1.807) is 28.8 Å². The molecule has 0 aliphatic heterocycles. The van der Waals surface area contributed by atoms with Crippen LogP contribution in [0.5, 0.6) is 5.75 Å². The number of aromatic hydroxyl groups is 1. The van der Waals surface area contributed by atoms with Crippen LogP contribution in [0.25, 0.3) is 16.9 Å². The molecule has 0 atom stereocenters. The summed E-state index contributed by atoms with van der Waals surface area (Å²) < 4.78 is 41.3. The molecule has 0 saturated heterocycles. The van der Waals surface area contributed by atoms with Crippen molar-refractivity contribution < 1.29 is 18.3 Å². The van der Waals surface area contributed by atoms with Crippen molar-refractivity contribution in [2.45, 2.75) is 6.18 Å². The minimum Gasteiger partial charge on any atom is -0.507 e. The fraction of sp³-hybridized carbons (Fsp3) is 0.0526. The van der Waals surface area contributed by atoms with Gasteiger partial charge in [-0.15, -0.1) is 0 Å². The molecule has 9 heteroatoms. The summed E-state index contributed by atoms with van der Waals surface area (Å²) in [6.07, 6.45) is -1.29. The predicted octanol–water partition coefficient (Wildman–Crippen LogP) is 5.63. The number of phenols is 1. The molecule has 0 unspecified atom stereocenters. The molecule has 2 aromatic carbocycles. The predicted molar refractivity (Wildman–Crippen MR) is 103 cm³/mol. The van der Waals surface area contributed by atoms with Crippen molar-refractivity contribution in [3.05, 3.63) is 71.1 Å². The molecule has 0 fully saturated rings. The summed E-state index contributed by atoms with van der Waals surface area (Å²) in [6, 6.07) is 11.5. The lowest BCUT2D eigenvalue weighted by atomic mass is 10.1. The lowest BCUT2D eigenvalue weighted by Crippen LogP contribution is -2.05. The number of nitrogens with one attached hydrogen (secondary N) is 1. The molecule has 0 bridgehead atoms. The highest BCUT2D eigenvalue weighted by atomic mass is 79.9. The molecule has 28 heavy (non-hydrogen) atoms. The standard InChI is InChI=1S/C19H12BrF3N4O/c20-15-10-27-16(9-24-15)26-17(13-6-1-2-7-14(13)28)18(27)25-12-5-3-4-11(8-12)19(21,22)23/h1-10,25,28H. The van der Waals surface area contributed by atoms with Gasteiger partial charge in [0.05, 0.1) is 11.8 Å². The Morgan fingerprint density at radius 3 is 2.61 bits per heavy atom. The van der Waals surface area contributed by atoms with Gasteiger partial charge >= 0.3 is 6.18 Å². The Bertz CT molecular complexity index is 1170. The number of fused-ring (bicyclic) bond motifs is 1. The summed E-state index contributed by atoms with van der Waals surface area (Å²) in [5.41, 5.74) is 0.766. The van der Waals surface area contributed by atoms with Gasteiger partial charge in [0.15, 0.2) is 5.65 Å². The van der Waals surface area contributed by atoms with Crippen molar-refractivity contribution in [3.8, 4) is 17.0 Å². The van der Waals surface area contributed by atoms with E-state index in [1.807, 2.05) is 0 Å². The molecule has 2 N–H and O–H groups in total. The molecule has 0 spiro atoms. The Hall–Kier alpha value is -3.07. The van der Waals surface area contributed by atoms with E-state index >= 15 is 0 Å². The van der Waals surface area contributed by atoms with Crippen molar-refractivity contribution in [1.29, 1.82) is 0 Å². The van der Waals surface area contributed by atoms with E-state index in [-0.39, 0.29) is 11.4 Å². The van der Waals surface area contributed by atoms with Crippen molar-refractivity contribution >= 4 is 33.1 Å². The van der Waals surface area contributed by atoms with Gasteiger partial charge in [0.25, 0.3) is 0 Å². The van der Waals surface area contributed by atoms with E-state index in [4.69, 9.17) is 0 Å². The molecule has 2 aromatic heterocycles. The minimum absolute atomic E-state index is 0.00465. The zero-order valence-corrected chi connectivity index (χ0v) is 15.7. The first kappa shape index (κ1) is 18.3. The van der Waals surface area contributed by atoms with Gasteiger partial charge < -0.3 is 10.4 Å². The fourth-order valence-corrected chi connectivity index (χ4v) is 3.13. The van der Waals surface area contributed by atoms with Crippen molar-refractivity contribution in [2.24, 2.45) is 0 Å². The van der Waals surface area contributed by atoms with Gasteiger partial charge in [-0.25, -0.2) is 9.97 Å². The number of imidazole rings is 1. The Morgan fingerprint density at radius 2 is 1.86 bits per heavy atom. The van der Waals surface area contributed by atoms with Gasteiger partial charge in [-0.3, -0.25) is 4.40 Å². The summed E-state index contributed by atoms with van der Waals surface area (Å²) in [4.78, 5) is 8.61. The first-order valence-electron chi connectivity index (χ1n) is 8.09. The molecule has 142 valence electrons. The number of rotatable bonds is 3. The van der Waals surface area contributed by atoms with Crippen LogP contribution in [0.3, 0.4) is 0 Å². The fourth-order valence-electron chi connectivity index (χ4n) is 2.82. The van der Waals surface area contributed by atoms with Crippen LogP contribution < -0.4 is 5.32 Å². The molecule has 4 aromatic rings. The molecule has 4 rings (SSSR count). The summed E-state index contributed by atoms with van der Waals surface area (Å²) in [7, 11) is 0. The monoisotopic (exact) mass is 448 g/mol. The van der Waals surface area contributed by atoms with E-state index in [0.717, 1.165) is 12.1 Å². The molecule has 5 nitrogen and oxygen atoms in total. The summed E-state index contributed by atoms with van der Waals surface area (Å²) in [5, 5.41) is 13.2. The maximum absolute atomic E-state index is 13.1. The maximum Gasteiger partial charge on any atom is 0.416 e. The quantitative estimate of drug-likeness (QED) is 0.426. The second-order valence-electron chi connectivity index (χ2n) is 5.97. The number of hydrogen-bond acceptors (Lipinski definition) is 4. The van der Waals surface area contributed by atoms with Gasteiger partial charge in [0, 0.05) is 17.4 Å². The zero-order chi connectivity index (χ0) is 19.9. The topological polar surface area (TPSA) is 62.5 Å². The van der Waals surface area contributed by atoms with Gasteiger partial charge in [-0.1, -0.05) is 18.2 Å². The summed E-state index contributed by atoms with van der Waals surface area (Å²) in [5.74, 6) is 0.406. The molecule has 0 radical (unpaired) electrons. The first-order valence-corrected chi connectivity index (χ1v) is 8.88. The third-order valence-corrected chi connectivity index (χ3v) is 4.50. The number of nitrogens with zero attached hydrogens (tertiary/aromatic N) is 3. The van der Waals surface area contributed by atoms with E-state index in [2.05, 4.69) is 31.2 Å². The van der Waals surface area contributed by atoms with Gasteiger partial charge in [0.2, 0.25) is 0 Å². The third kappa shape index (κ3) is 3.40. The number of anilines is 2. The number of hydrogen-bond donors (Lipinski definition) is 2. The lowest BCUT2D eigenvalue weighted by molar-refractivity contribution is -0.137. The maximum atomic E-state index is 13.1. The number of alkyl halides is 3. The molecule has 0 aliphatic carbocycles. The highest BCUT2D eigenvalue weighted by Gasteiger charge is 2.30. The summed E-state index contributed by atoms with van der Waals surface area (Å²) >= 11 is 3.28. The van der Waals surface area contributed by atoms with Crippen molar-refractivity contribution in [2.75, 3.05) is 5.32 Å². The Morgan fingerprint density at radius 1 is 1.07 bits per heavy atom. The molecule has 0 aliphatic rings. The number of aromatic nitrogens is 3. The van der Waals surface area contributed by atoms with E-state index < -0.39 is 11.7 Å². The Balaban J connectivity index is 1.89. The minimum atomic E-state index is -4.45. The van der Waals surface area contributed by atoms with Crippen molar-refractivity contribution in [3.63, 3.8) is 0 Å². The summed E-state index contributed by atoms with van der Waals surface area (Å²) in [6.45, 7) is 0. The van der Waals surface area contributed by atoms with Crippen LogP contribution in [-0.2, 0) is 6.18 Å². The molecule has 2 heterocycles. The van der Waals surface area contributed by atoms with E-state index in [0.29, 0.717) is 27.3 Å². The van der Waals surface area contributed by atoms with Crippen LogP contribution >= 0.6 is 15.9 Å². The normalized spacial score (nSPS) is 11.7. The SMILES string of the molecule is Oc1ccccc1-c1nc2cnc(Br)cn2c1Nc1cccc(C(F)(F)F)c1. The highest BCUT2D eigenvalue weighted by Crippen LogP contribution is 2.37. The average molecular weight is 449 g/mol. The molecular formula is C19H12BrF3N4O. The Kier molecular flexibility index (Phi) is 4.46. The average Bonchev–Trinajstić information content (AvgIpc) is 2.99. The van der Waals surface area contributed by atoms with Crippen LogP contribution in [0.2, 0.25) is 0 Å². The van der Waals surface area contributed by atoms with E-state index in [9.17, 15) is 18.3 Å². The third-order valence-electron chi connectivity index (χ3n) is 4.09. The second-order valence-corrected chi connectivity index (χ2v) is 6.78. The zero-order valence-electron chi connectivity index (χ0n) is 14.1. The van der Waals surface area contributed by atoms with Crippen LogP contribution in [0, 0.1) is 0 Å². The van der Waals surface area contributed by atoms with E-state index in [1.165, 1.54) is 24.4 Å². The largest absolute Gasteiger partial charge is 0.507 e. The number of para-hydroxylation sites is 1. The number of halogens is 4.